The fourth-order valence-electron chi connectivity index (χ4n) is 8.67. The van der Waals surface area contributed by atoms with Crippen LogP contribution in [-0.4, -0.2) is 9.97 Å². The van der Waals surface area contributed by atoms with E-state index >= 15 is 0 Å². The molecule has 3 aliphatic carbocycles. The summed E-state index contributed by atoms with van der Waals surface area (Å²) in [5, 5.41) is 9.71. The number of benzene rings is 4. The van der Waals surface area contributed by atoms with Crippen molar-refractivity contribution in [1.29, 1.82) is 5.26 Å². The Kier molecular flexibility index (Phi) is 7.89. The van der Waals surface area contributed by atoms with E-state index in [-0.39, 0.29) is 11.3 Å². The molecular weight excluding hydrogens is 583 g/mol. The molecule has 4 aromatic carbocycles. The minimum Gasteiger partial charge on any atom is -0.233 e. The molecule has 3 nitrogen and oxygen atoms in total. The Morgan fingerprint density at radius 1 is 0.792 bits per heavy atom. The molecule has 1 aromatic heterocycles. The number of hydrogen-bond donors (Lipinski definition) is 0. The maximum Gasteiger partial charge on any atom is 0.160 e. The Labute approximate surface area is 284 Å². The summed E-state index contributed by atoms with van der Waals surface area (Å²) in [5.74, 6) is 1.48. The van der Waals surface area contributed by atoms with Crippen LogP contribution in [0.15, 0.2) is 115 Å². The van der Waals surface area contributed by atoms with Crippen LogP contribution in [0.25, 0.3) is 33.8 Å². The monoisotopic (exact) mass is 623 g/mol. The zero-order valence-electron chi connectivity index (χ0n) is 27.9. The Hall–Kier alpha value is -5.07. The normalized spacial score (nSPS) is 18.3. The first-order valence-corrected chi connectivity index (χ1v) is 17.6. The lowest BCUT2D eigenvalue weighted by molar-refractivity contribution is 0.242. The van der Waals surface area contributed by atoms with Crippen LogP contribution >= 0.6 is 0 Å². The van der Waals surface area contributed by atoms with Crippen LogP contribution in [0, 0.1) is 24.2 Å². The lowest BCUT2D eigenvalue weighted by Crippen LogP contribution is -2.34. The van der Waals surface area contributed by atoms with Gasteiger partial charge < -0.3 is 0 Å². The van der Waals surface area contributed by atoms with Crippen molar-refractivity contribution in [3.63, 3.8) is 0 Å². The van der Waals surface area contributed by atoms with Gasteiger partial charge in [0.1, 0.15) is 0 Å². The SMILES string of the molecule is Cc1ccccc1CC(C)c1cc(-c2ccc(C3=CC=C4c5ccc(C#N)cc5C5(CCCCC5)C4C3)cc2)nc(-c2ccccc2)n1. The van der Waals surface area contributed by atoms with E-state index in [9.17, 15) is 5.26 Å². The van der Waals surface area contributed by atoms with Crippen molar-refractivity contribution >= 4 is 11.1 Å². The third-order valence-electron chi connectivity index (χ3n) is 11.3. The van der Waals surface area contributed by atoms with Crippen molar-refractivity contribution < 1.29 is 0 Å². The molecule has 8 rings (SSSR count). The van der Waals surface area contributed by atoms with Gasteiger partial charge in [0.2, 0.25) is 0 Å². The summed E-state index contributed by atoms with van der Waals surface area (Å²) in [6, 6.07) is 39.0. The molecule has 2 atom stereocenters. The van der Waals surface area contributed by atoms with Crippen LogP contribution in [0.3, 0.4) is 0 Å². The quantitative estimate of drug-likeness (QED) is 0.189. The van der Waals surface area contributed by atoms with Gasteiger partial charge >= 0.3 is 0 Å². The van der Waals surface area contributed by atoms with Crippen molar-refractivity contribution in [1.82, 2.24) is 9.97 Å². The molecule has 1 fully saturated rings. The van der Waals surface area contributed by atoms with Crippen molar-refractivity contribution in [2.45, 2.75) is 70.1 Å². The van der Waals surface area contributed by atoms with Gasteiger partial charge in [0.15, 0.2) is 5.82 Å². The standard InChI is InChI=1S/C45H41N3/c1-30-11-7-8-14-36(30)25-31(2)42-28-43(48-44(47-42)35-12-5-3-6-13-35)34-18-16-33(17-19-34)37-20-22-39-38-21-15-32(29-46)26-40(38)45(41(39)27-37)23-9-4-10-24-45/h3,5-8,11-22,26,28,31,41H,4,9-10,23-25,27H2,1-2H3. The molecule has 0 amide bonds. The molecule has 5 aromatic rings. The van der Waals surface area contributed by atoms with Crippen molar-refractivity contribution in [3.8, 4) is 28.7 Å². The maximum atomic E-state index is 9.71. The summed E-state index contributed by atoms with van der Waals surface area (Å²) < 4.78 is 0. The largest absolute Gasteiger partial charge is 0.233 e. The van der Waals surface area contributed by atoms with Gasteiger partial charge in [-0.05, 0) is 95.7 Å². The molecule has 0 N–H and O–H groups in total. The Morgan fingerprint density at radius 2 is 1.54 bits per heavy atom. The number of aromatic nitrogens is 2. The van der Waals surface area contributed by atoms with E-state index < -0.39 is 0 Å². The number of fused-ring (bicyclic) bond motifs is 5. The molecular formula is C45H41N3. The Bertz CT molecular complexity index is 2090. The summed E-state index contributed by atoms with van der Waals surface area (Å²) in [7, 11) is 0. The second kappa shape index (κ2) is 12.5. The number of hydrogen-bond acceptors (Lipinski definition) is 3. The zero-order valence-corrected chi connectivity index (χ0v) is 27.9. The molecule has 236 valence electrons. The topological polar surface area (TPSA) is 49.6 Å². The molecule has 3 aliphatic rings. The van der Waals surface area contributed by atoms with Gasteiger partial charge in [0.05, 0.1) is 17.3 Å². The van der Waals surface area contributed by atoms with Crippen molar-refractivity contribution in [2.24, 2.45) is 5.92 Å². The van der Waals surface area contributed by atoms with Gasteiger partial charge in [-0.2, -0.15) is 5.26 Å². The molecule has 1 heterocycles. The number of nitriles is 1. The molecule has 48 heavy (non-hydrogen) atoms. The Morgan fingerprint density at radius 3 is 2.31 bits per heavy atom. The van der Waals surface area contributed by atoms with Crippen LogP contribution < -0.4 is 0 Å². The maximum absolute atomic E-state index is 9.71. The van der Waals surface area contributed by atoms with Gasteiger partial charge in [0.25, 0.3) is 0 Å². The van der Waals surface area contributed by atoms with Crippen molar-refractivity contribution in [2.75, 3.05) is 0 Å². The van der Waals surface area contributed by atoms with Crippen LogP contribution in [0.5, 0.6) is 0 Å². The molecule has 2 unspecified atom stereocenters. The fraction of sp³-hybridized carbons (Fsp3) is 0.267. The summed E-state index contributed by atoms with van der Waals surface area (Å²) in [4.78, 5) is 10.2. The van der Waals surface area contributed by atoms with E-state index in [0.717, 1.165) is 46.7 Å². The van der Waals surface area contributed by atoms with Gasteiger partial charge in [0, 0.05) is 28.2 Å². The molecule has 1 spiro atoms. The Balaban J connectivity index is 1.12. The first-order chi connectivity index (χ1) is 23.5. The fourth-order valence-corrected chi connectivity index (χ4v) is 8.67. The number of allylic oxidation sites excluding steroid dienone is 4. The van der Waals surface area contributed by atoms with E-state index in [0.29, 0.717) is 5.92 Å². The highest BCUT2D eigenvalue weighted by Gasteiger charge is 2.50. The zero-order chi connectivity index (χ0) is 32.7. The molecule has 0 bridgehead atoms. The first kappa shape index (κ1) is 30.3. The average molecular weight is 624 g/mol. The number of nitrogens with zero attached hydrogens (tertiary/aromatic N) is 3. The summed E-state index contributed by atoms with van der Waals surface area (Å²) >= 11 is 0. The minimum absolute atomic E-state index is 0.145. The van der Waals surface area contributed by atoms with Crippen LogP contribution in [0.2, 0.25) is 0 Å². The van der Waals surface area contributed by atoms with E-state index in [1.165, 1.54) is 71.1 Å². The van der Waals surface area contributed by atoms with Crippen LogP contribution in [0.1, 0.15) is 90.4 Å². The van der Waals surface area contributed by atoms with E-state index in [1.54, 1.807) is 0 Å². The van der Waals surface area contributed by atoms with E-state index in [1.807, 2.05) is 12.1 Å². The summed E-state index contributed by atoms with van der Waals surface area (Å²) in [6.07, 6.45) is 13.0. The highest BCUT2D eigenvalue weighted by atomic mass is 14.9. The predicted octanol–water partition coefficient (Wildman–Crippen LogP) is 11.0. The first-order valence-electron chi connectivity index (χ1n) is 17.6. The smallest absolute Gasteiger partial charge is 0.160 e. The average Bonchev–Trinajstić information content (AvgIpc) is 3.40. The van der Waals surface area contributed by atoms with Gasteiger partial charge in [-0.3, -0.25) is 0 Å². The molecule has 1 saturated carbocycles. The molecule has 0 saturated heterocycles. The highest BCUT2D eigenvalue weighted by molar-refractivity contribution is 5.86. The third-order valence-corrected chi connectivity index (χ3v) is 11.3. The third kappa shape index (κ3) is 5.40. The number of rotatable bonds is 6. The van der Waals surface area contributed by atoms with Gasteiger partial charge in [-0.15, -0.1) is 0 Å². The molecule has 0 aliphatic heterocycles. The van der Waals surface area contributed by atoms with Crippen molar-refractivity contribution in [3.05, 3.63) is 154 Å². The lowest BCUT2D eigenvalue weighted by atomic mass is 9.62. The van der Waals surface area contributed by atoms with Gasteiger partial charge in [-0.1, -0.05) is 123 Å². The van der Waals surface area contributed by atoms with E-state index in [2.05, 4.69) is 123 Å². The van der Waals surface area contributed by atoms with Gasteiger partial charge in [-0.25, -0.2) is 9.97 Å². The number of aryl methyl sites for hydroxylation is 1. The van der Waals surface area contributed by atoms with E-state index in [4.69, 9.17) is 9.97 Å². The predicted molar refractivity (Wildman–Crippen MR) is 196 cm³/mol. The molecule has 3 heteroatoms. The molecule has 0 radical (unpaired) electrons. The highest BCUT2D eigenvalue weighted by Crippen LogP contribution is 2.60. The second-order valence-corrected chi connectivity index (χ2v) is 14.1. The lowest BCUT2D eigenvalue weighted by Gasteiger charge is -2.41. The van der Waals surface area contributed by atoms with Crippen LogP contribution in [-0.2, 0) is 11.8 Å². The summed E-state index contributed by atoms with van der Waals surface area (Å²) in [5.41, 5.74) is 14.7. The van der Waals surface area contributed by atoms with Crippen LogP contribution in [0.4, 0.5) is 0 Å². The minimum atomic E-state index is 0.145. The second-order valence-electron chi connectivity index (χ2n) is 14.1. The summed E-state index contributed by atoms with van der Waals surface area (Å²) in [6.45, 7) is 4.46.